The van der Waals surface area contributed by atoms with Gasteiger partial charge in [-0.1, -0.05) is 0 Å². The Morgan fingerprint density at radius 3 is 1.57 bits per heavy atom. The Morgan fingerprint density at radius 1 is 1.43 bits per heavy atom. The van der Waals surface area contributed by atoms with Crippen LogP contribution in [-0.2, 0) is 0 Å². The minimum atomic E-state index is -0.718. The van der Waals surface area contributed by atoms with E-state index in [0.717, 1.165) is 0 Å². The van der Waals surface area contributed by atoms with Crippen LogP contribution >= 0.6 is 0 Å². The molecule has 9 N–H and O–H groups in total. The number of rotatable bonds is 0. The lowest BCUT2D eigenvalue weighted by Crippen LogP contribution is -2.34. The number of nitrogens with two attached hydrogens (primary N) is 4. The number of primary amides is 1. The number of carbonyl (C=O) groups excluding carboxylic acids is 1. The number of nitrogens with one attached hydrogen (secondary N) is 1. The molecule has 0 atom stereocenters. The van der Waals surface area contributed by atoms with E-state index in [0.29, 0.717) is 0 Å². The highest BCUT2D eigenvalue weighted by atomic mass is 16.2. The molecule has 0 bridgehead atoms. The first-order valence-corrected chi connectivity index (χ1v) is 1.36. The van der Waals surface area contributed by atoms with Gasteiger partial charge in [0.25, 0.3) is 0 Å². The van der Waals surface area contributed by atoms with Crippen molar-refractivity contribution >= 4 is 6.03 Å². The van der Waals surface area contributed by atoms with E-state index >= 15 is 0 Å². The van der Waals surface area contributed by atoms with E-state index in [1.807, 2.05) is 0 Å². The maximum absolute atomic E-state index is 9.35. The fraction of sp³-hybridized carbons (Fsp3) is 0. The summed E-state index contributed by atoms with van der Waals surface area (Å²) in [6.45, 7) is 0. The number of hydrogen-bond acceptors (Lipinski definition) is 4. The van der Waals surface area contributed by atoms with Gasteiger partial charge in [-0.3, -0.25) is 17.1 Å². The highest BCUT2D eigenvalue weighted by Gasteiger charge is 1.73. The highest BCUT2D eigenvalue weighted by Crippen LogP contribution is 1.34. The molecule has 0 aromatic heterocycles. The minimum Gasteiger partial charge on any atom is -0.351 e. The molecule has 0 aromatic rings. The second kappa shape index (κ2) is 8.94. The molecule has 0 aromatic carbocycles. The first-order valence-electron chi connectivity index (χ1n) is 1.36. The molecular weight excluding hydrogens is 98.0 g/mol. The zero-order valence-corrected chi connectivity index (χ0v) is 3.72. The van der Waals surface area contributed by atoms with E-state index in [-0.39, 0.29) is 0 Å². The largest absolute Gasteiger partial charge is 0.351 e. The SMILES string of the molecule is NN.NNC(N)=O. The van der Waals surface area contributed by atoms with Crippen molar-refractivity contribution in [3.05, 3.63) is 0 Å². The summed E-state index contributed by atoms with van der Waals surface area (Å²) in [5.41, 5.74) is 6.08. The van der Waals surface area contributed by atoms with Crippen molar-refractivity contribution in [2.24, 2.45) is 23.3 Å². The molecule has 0 aliphatic carbocycles. The summed E-state index contributed by atoms with van der Waals surface area (Å²) in [5.74, 6) is 12.4. The number of amides is 2. The number of hydrazine groups is 2. The van der Waals surface area contributed by atoms with Gasteiger partial charge in [0, 0.05) is 0 Å². The lowest BCUT2D eigenvalue weighted by molar-refractivity contribution is 0.249. The summed E-state index contributed by atoms with van der Waals surface area (Å²) in [6.07, 6.45) is 0. The Bertz CT molecular complexity index is 43.3. The van der Waals surface area contributed by atoms with E-state index in [9.17, 15) is 4.79 Å². The van der Waals surface area contributed by atoms with E-state index in [2.05, 4.69) is 23.3 Å². The zero-order valence-electron chi connectivity index (χ0n) is 3.72. The summed E-state index contributed by atoms with van der Waals surface area (Å²) in [5, 5.41) is 0. The summed E-state index contributed by atoms with van der Waals surface area (Å²) in [6, 6.07) is -0.718. The van der Waals surface area contributed by atoms with Crippen LogP contribution < -0.4 is 28.7 Å². The van der Waals surface area contributed by atoms with Crippen molar-refractivity contribution in [3.8, 4) is 0 Å². The Balaban J connectivity index is 0. The molecule has 7 heavy (non-hydrogen) atoms. The van der Waals surface area contributed by atoms with Crippen molar-refractivity contribution in [2.45, 2.75) is 0 Å². The average Bonchev–Trinajstić information content (AvgIpc) is 1.73. The minimum absolute atomic E-state index is 0.718. The molecule has 0 fully saturated rings. The molecule has 0 spiro atoms. The molecule has 6 heteroatoms. The van der Waals surface area contributed by atoms with Crippen molar-refractivity contribution in [3.63, 3.8) is 0 Å². The maximum Gasteiger partial charge on any atom is 0.326 e. The summed E-state index contributed by atoms with van der Waals surface area (Å²) >= 11 is 0. The fourth-order valence-electron chi connectivity index (χ4n) is 0. The zero-order chi connectivity index (χ0) is 6.28. The van der Waals surface area contributed by atoms with Crippen LogP contribution in [0.4, 0.5) is 4.79 Å². The van der Waals surface area contributed by atoms with Gasteiger partial charge in [0.1, 0.15) is 0 Å². The monoisotopic (exact) mass is 107 g/mol. The van der Waals surface area contributed by atoms with E-state index in [1.54, 1.807) is 5.43 Å². The molecule has 0 rings (SSSR count). The van der Waals surface area contributed by atoms with Gasteiger partial charge < -0.3 is 5.73 Å². The molecule has 0 saturated heterocycles. The second-order valence-electron chi connectivity index (χ2n) is 0.509. The normalized spacial score (nSPS) is 5.57. The van der Waals surface area contributed by atoms with Crippen molar-refractivity contribution in [1.29, 1.82) is 0 Å². The Kier molecular flexibility index (Phi) is 12.1. The number of carbonyl (C=O) groups is 1. The van der Waals surface area contributed by atoms with Crippen LogP contribution in [0.3, 0.4) is 0 Å². The number of urea groups is 1. The molecule has 0 radical (unpaired) electrons. The van der Waals surface area contributed by atoms with Gasteiger partial charge in [-0.25, -0.2) is 10.6 Å². The average molecular weight is 107 g/mol. The van der Waals surface area contributed by atoms with Crippen LogP contribution in [0.1, 0.15) is 0 Å². The van der Waals surface area contributed by atoms with Gasteiger partial charge in [0.2, 0.25) is 0 Å². The summed E-state index contributed by atoms with van der Waals surface area (Å²) in [7, 11) is 0. The quantitative estimate of drug-likeness (QED) is 0.131. The highest BCUT2D eigenvalue weighted by molar-refractivity contribution is 5.70. The molecule has 0 saturated carbocycles. The molecule has 0 aliphatic heterocycles. The van der Waals surface area contributed by atoms with Gasteiger partial charge in [-0.2, -0.15) is 0 Å². The lowest BCUT2D eigenvalue weighted by atomic mass is 11.2. The molecule has 2 amide bonds. The Labute approximate surface area is 40.8 Å². The predicted octanol–water partition coefficient (Wildman–Crippen LogP) is -2.65. The fourth-order valence-corrected chi connectivity index (χ4v) is 0. The van der Waals surface area contributed by atoms with E-state index in [1.165, 1.54) is 0 Å². The van der Waals surface area contributed by atoms with Gasteiger partial charge in [0.05, 0.1) is 0 Å². The molecule has 44 valence electrons. The first-order chi connectivity index (χ1) is 3.27. The Hall–Kier alpha value is -0.850. The third kappa shape index (κ3) is 38.6. The van der Waals surface area contributed by atoms with Gasteiger partial charge in [0.15, 0.2) is 0 Å². The van der Waals surface area contributed by atoms with Crippen molar-refractivity contribution in [1.82, 2.24) is 5.43 Å². The molecular formula is CH9N5O. The van der Waals surface area contributed by atoms with Crippen LogP contribution in [0, 0.1) is 0 Å². The topological polar surface area (TPSA) is 133 Å². The van der Waals surface area contributed by atoms with Crippen LogP contribution in [0.25, 0.3) is 0 Å². The molecule has 0 heterocycles. The Morgan fingerprint density at radius 2 is 1.57 bits per heavy atom. The van der Waals surface area contributed by atoms with Gasteiger partial charge in [-0.15, -0.1) is 0 Å². The maximum atomic E-state index is 9.35. The first kappa shape index (κ1) is 9.47. The van der Waals surface area contributed by atoms with Gasteiger partial charge in [-0.05, 0) is 0 Å². The lowest BCUT2D eigenvalue weighted by Gasteiger charge is -1.81. The van der Waals surface area contributed by atoms with Crippen LogP contribution in [-0.4, -0.2) is 6.03 Å². The summed E-state index contributed by atoms with van der Waals surface area (Å²) in [4.78, 5) is 9.35. The third-order valence-corrected chi connectivity index (χ3v) is 0.142. The third-order valence-electron chi connectivity index (χ3n) is 0.142. The standard InChI is InChI=1S/CH5N3O.H4N2/c2-1(5)4-3;1-2/h3H2,(H3,2,4,5);1-2H2. The second-order valence-corrected chi connectivity index (χ2v) is 0.509. The van der Waals surface area contributed by atoms with E-state index < -0.39 is 6.03 Å². The molecule has 0 aliphatic rings. The number of hydrogen-bond donors (Lipinski definition) is 5. The molecule has 6 nitrogen and oxygen atoms in total. The van der Waals surface area contributed by atoms with Crippen molar-refractivity contribution < 1.29 is 4.79 Å². The van der Waals surface area contributed by atoms with Crippen LogP contribution in [0.15, 0.2) is 0 Å². The van der Waals surface area contributed by atoms with Crippen LogP contribution in [0.2, 0.25) is 0 Å². The van der Waals surface area contributed by atoms with E-state index in [4.69, 9.17) is 0 Å². The van der Waals surface area contributed by atoms with Crippen LogP contribution in [0.5, 0.6) is 0 Å². The van der Waals surface area contributed by atoms with Crippen molar-refractivity contribution in [2.75, 3.05) is 0 Å². The predicted molar refractivity (Wildman–Crippen MR) is 25.3 cm³/mol. The summed E-state index contributed by atoms with van der Waals surface area (Å²) < 4.78 is 0. The smallest absolute Gasteiger partial charge is 0.326 e. The van der Waals surface area contributed by atoms with Gasteiger partial charge >= 0.3 is 6.03 Å². The molecule has 0 unspecified atom stereocenters.